The van der Waals surface area contributed by atoms with Gasteiger partial charge in [-0.2, -0.15) is 5.10 Å². The van der Waals surface area contributed by atoms with E-state index in [0.29, 0.717) is 6.54 Å². The van der Waals surface area contributed by atoms with Crippen LogP contribution in [0, 0.1) is 13.8 Å². The molecule has 0 bridgehead atoms. The summed E-state index contributed by atoms with van der Waals surface area (Å²) in [6.07, 6.45) is 2.74. The van der Waals surface area contributed by atoms with E-state index in [2.05, 4.69) is 58.0 Å². The molecule has 3 rings (SSSR count). The fraction of sp³-hybridized carbons (Fsp3) is 0.348. The van der Waals surface area contributed by atoms with Crippen LogP contribution in [0.5, 0.6) is 0 Å². The number of rotatable bonds is 8. The first-order chi connectivity index (χ1) is 13.9. The monoisotopic (exact) mass is 391 g/mol. The van der Waals surface area contributed by atoms with Gasteiger partial charge in [0.05, 0.1) is 5.69 Å². The lowest BCUT2D eigenvalue weighted by molar-refractivity contribution is -0.118. The van der Waals surface area contributed by atoms with Crippen molar-refractivity contribution < 1.29 is 4.79 Å². The van der Waals surface area contributed by atoms with Gasteiger partial charge in [-0.1, -0.05) is 30.3 Å². The Balaban J connectivity index is 1.53. The molecule has 1 aromatic carbocycles. The standard InChI is InChI=1S/C23H29N5O/c1-16-13-17(2)28(27-16)23-10-7-21(15-26-23)14-25-18(3)22-8-5-20(6-9-22)11-12-24-19(4)29/h5-10,13,15,18,25H,11-12,14H2,1-4H3,(H,24,29). The van der Waals surface area contributed by atoms with Crippen molar-refractivity contribution in [1.82, 2.24) is 25.4 Å². The third-order valence-electron chi connectivity index (χ3n) is 4.92. The molecule has 0 aliphatic rings. The Morgan fingerprint density at radius 2 is 1.83 bits per heavy atom. The zero-order valence-corrected chi connectivity index (χ0v) is 17.6. The van der Waals surface area contributed by atoms with E-state index in [0.717, 1.165) is 35.7 Å². The van der Waals surface area contributed by atoms with Crippen molar-refractivity contribution >= 4 is 5.91 Å². The highest BCUT2D eigenvalue weighted by Gasteiger charge is 2.07. The smallest absolute Gasteiger partial charge is 0.216 e. The molecule has 2 N–H and O–H groups in total. The van der Waals surface area contributed by atoms with Gasteiger partial charge in [0.25, 0.3) is 0 Å². The fourth-order valence-electron chi connectivity index (χ4n) is 3.25. The molecule has 2 heterocycles. The molecule has 0 radical (unpaired) electrons. The van der Waals surface area contributed by atoms with Crippen molar-refractivity contribution in [1.29, 1.82) is 0 Å². The van der Waals surface area contributed by atoms with E-state index < -0.39 is 0 Å². The topological polar surface area (TPSA) is 71.8 Å². The number of hydrogen-bond donors (Lipinski definition) is 2. The Kier molecular flexibility index (Phi) is 6.77. The van der Waals surface area contributed by atoms with Crippen molar-refractivity contribution in [2.75, 3.05) is 6.54 Å². The van der Waals surface area contributed by atoms with Crippen LogP contribution in [-0.2, 0) is 17.8 Å². The second-order valence-corrected chi connectivity index (χ2v) is 7.44. The minimum Gasteiger partial charge on any atom is -0.356 e. The van der Waals surface area contributed by atoms with Gasteiger partial charge >= 0.3 is 0 Å². The number of pyridine rings is 1. The van der Waals surface area contributed by atoms with Crippen molar-refractivity contribution in [3.63, 3.8) is 0 Å². The molecule has 3 aromatic rings. The summed E-state index contributed by atoms with van der Waals surface area (Å²) in [5.74, 6) is 0.846. The van der Waals surface area contributed by atoms with E-state index in [1.807, 2.05) is 36.9 Å². The molecule has 0 aliphatic heterocycles. The second kappa shape index (κ2) is 9.47. The highest BCUT2D eigenvalue weighted by Crippen LogP contribution is 2.15. The van der Waals surface area contributed by atoms with Gasteiger partial charge < -0.3 is 10.6 Å². The Morgan fingerprint density at radius 1 is 1.10 bits per heavy atom. The van der Waals surface area contributed by atoms with E-state index in [1.54, 1.807) is 6.92 Å². The maximum atomic E-state index is 10.9. The van der Waals surface area contributed by atoms with Crippen molar-refractivity contribution in [2.45, 2.75) is 46.7 Å². The van der Waals surface area contributed by atoms with Crippen molar-refractivity contribution in [3.8, 4) is 5.82 Å². The molecule has 6 heteroatoms. The molecular weight excluding hydrogens is 362 g/mol. The highest BCUT2D eigenvalue weighted by atomic mass is 16.1. The van der Waals surface area contributed by atoms with Gasteiger partial charge in [0.15, 0.2) is 5.82 Å². The predicted octanol–water partition coefficient (Wildman–Crippen LogP) is 3.41. The summed E-state index contributed by atoms with van der Waals surface area (Å²) in [5, 5.41) is 10.8. The summed E-state index contributed by atoms with van der Waals surface area (Å²) < 4.78 is 1.86. The minimum atomic E-state index is 0.0110. The number of hydrogen-bond acceptors (Lipinski definition) is 4. The number of amides is 1. The van der Waals surface area contributed by atoms with Gasteiger partial charge in [-0.25, -0.2) is 9.67 Å². The number of aryl methyl sites for hydroxylation is 2. The normalized spacial score (nSPS) is 12.0. The molecule has 1 atom stereocenters. The van der Waals surface area contributed by atoms with E-state index in [-0.39, 0.29) is 11.9 Å². The van der Waals surface area contributed by atoms with Gasteiger partial charge in [-0.3, -0.25) is 4.79 Å². The minimum absolute atomic E-state index is 0.0110. The molecule has 0 saturated heterocycles. The zero-order chi connectivity index (χ0) is 20.8. The van der Waals surface area contributed by atoms with Crippen LogP contribution in [0.15, 0.2) is 48.7 Å². The fourth-order valence-corrected chi connectivity index (χ4v) is 3.25. The van der Waals surface area contributed by atoms with Crippen LogP contribution in [0.25, 0.3) is 5.82 Å². The Labute approximate surface area is 172 Å². The lowest BCUT2D eigenvalue weighted by Crippen LogP contribution is -2.22. The van der Waals surface area contributed by atoms with Crippen LogP contribution in [-0.4, -0.2) is 27.2 Å². The van der Waals surface area contributed by atoms with Gasteiger partial charge in [0.1, 0.15) is 0 Å². The predicted molar refractivity (Wildman–Crippen MR) is 115 cm³/mol. The summed E-state index contributed by atoms with van der Waals surface area (Å²) in [7, 11) is 0. The lowest BCUT2D eigenvalue weighted by Gasteiger charge is -2.15. The Bertz CT molecular complexity index is 944. The third-order valence-corrected chi connectivity index (χ3v) is 4.92. The molecular formula is C23H29N5O. The van der Waals surface area contributed by atoms with Crippen LogP contribution in [0.2, 0.25) is 0 Å². The molecule has 0 fully saturated rings. The second-order valence-electron chi connectivity index (χ2n) is 7.44. The van der Waals surface area contributed by atoms with Gasteiger partial charge in [-0.05, 0) is 56.0 Å². The molecule has 1 unspecified atom stereocenters. The average molecular weight is 392 g/mol. The summed E-state index contributed by atoms with van der Waals surface area (Å²) in [5.41, 5.74) is 5.66. The number of carbonyl (C=O) groups is 1. The zero-order valence-electron chi connectivity index (χ0n) is 17.6. The SMILES string of the molecule is CC(=O)NCCc1ccc(C(C)NCc2ccc(-n3nc(C)cc3C)nc2)cc1. The van der Waals surface area contributed by atoms with Gasteiger partial charge in [0.2, 0.25) is 5.91 Å². The third kappa shape index (κ3) is 5.74. The van der Waals surface area contributed by atoms with Gasteiger partial charge in [0, 0.05) is 37.9 Å². The molecule has 0 aliphatic carbocycles. The summed E-state index contributed by atoms with van der Waals surface area (Å²) >= 11 is 0. The number of aromatic nitrogens is 3. The number of nitrogens with zero attached hydrogens (tertiary/aromatic N) is 3. The molecule has 1 amide bonds. The summed E-state index contributed by atoms with van der Waals surface area (Å²) in [6, 6.07) is 14.9. The van der Waals surface area contributed by atoms with Gasteiger partial charge in [-0.15, -0.1) is 0 Å². The van der Waals surface area contributed by atoms with E-state index in [4.69, 9.17) is 0 Å². The summed E-state index contributed by atoms with van der Waals surface area (Å²) in [6.45, 7) is 9.13. The number of benzene rings is 1. The van der Waals surface area contributed by atoms with Crippen LogP contribution < -0.4 is 10.6 Å². The quantitative estimate of drug-likeness (QED) is 0.617. The first-order valence-corrected chi connectivity index (χ1v) is 9.97. The maximum absolute atomic E-state index is 10.9. The number of carbonyl (C=O) groups excluding carboxylic acids is 1. The highest BCUT2D eigenvalue weighted by molar-refractivity contribution is 5.72. The van der Waals surface area contributed by atoms with Crippen molar-refractivity contribution in [3.05, 3.63) is 76.7 Å². The first-order valence-electron chi connectivity index (χ1n) is 9.97. The molecule has 0 spiro atoms. The summed E-state index contributed by atoms with van der Waals surface area (Å²) in [4.78, 5) is 15.5. The molecule has 29 heavy (non-hydrogen) atoms. The van der Waals surface area contributed by atoms with Crippen LogP contribution >= 0.6 is 0 Å². The first kappa shape index (κ1) is 20.7. The Morgan fingerprint density at radius 3 is 2.41 bits per heavy atom. The maximum Gasteiger partial charge on any atom is 0.216 e. The molecule has 2 aromatic heterocycles. The average Bonchev–Trinajstić information content (AvgIpc) is 3.05. The number of nitrogens with one attached hydrogen (secondary N) is 2. The largest absolute Gasteiger partial charge is 0.356 e. The van der Waals surface area contributed by atoms with Crippen LogP contribution in [0.4, 0.5) is 0 Å². The van der Waals surface area contributed by atoms with Crippen LogP contribution in [0.3, 0.4) is 0 Å². The van der Waals surface area contributed by atoms with E-state index >= 15 is 0 Å². The molecule has 6 nitrogen and oxygen atoms in total. The van der Waals surface area contributed by atoms with Crippen LogP contribution in [0.1, 0.15) is 48.0 Å². The Hall–Kier alpha value is -2.99. The lowest BCUT2D eigenvalue weighted by atomic mass is 10.0. The van der Waals surface area contributed by atoms with Crippen molar-refractivity contribution in [2.24, 2.45) is 0 Å². The molecule has 152 valence electrons. The van der Waals surface area contributed by atoms with E-state index in [1.165, 1.54) is 11.1 Å². The van der Waals surface area contributed by atoms with E-state index in [9.17, 15) is 4.79 Å². The molecule has 0 saturated carbocycles.